The number of nitrogens with zero attached hydrogens (tertiary/aromatic N) is 2. The minimum absolute atomic E-state index is 0.121. The second-order valence-corrected chi connectivity index (χ2v) is 3.86. The molecule has 3 nitrogen and oxygen atoms in total. The zero-order valence-corrected chi connectivity index (χ0v) is 9.88. The van der Waals surface area contributed by atoms with Crippen molar-refractivity contribution in [3.63, 3.8) is 0 Å². The van der Waals surface area contributed by atoms with Crippen LogP contribution in [-0.2, 0) is 0 Å². The van der Waals surface area contributed by atoms with Gasteiger partial charge in [0.2, 0.25) is 0 Å². The molecule has 1 rings (SSSR count). The molecule has 0 aliphatic heterocycles. The van der Waals surface area contributed by atoms with E-state index in [4.69, 9.17) is 23.2 Å². The molecule has 0 atom stereocenters. The standard InChI is InChI=1S/C10H10Cl2N2O/c1-14(2)6-5-8(15)7-3-4-9(11)13-10(7)12/h3-6H,1-2H3/b6-5+. The van der Waals surface area contributed by atoms with Crippen LogP contribution in [0.15, 0.2) is 24.4 Å². The van der Waals surface area contributed by atoms with Crippen LogP contribution >= 0.6 is 23.2 Å². The predicted molar refractivity (Wildman–Crippen MR) is 61.4 cm³/mol. The fourth-order valence-electron chi connectivity index (χ4n) is 0.902. The Morgan fingerprint density at radius 2 is 2.07 bits per heavy atom. The first kappa shape index (κ1) is 12.0. The van der Waals surface area contributed by atoms with E-state index < -0.39 is 0 Å². The largest absolute Gasteiger partial charge is 0.383 e. The molecule has 15 heavy (non-hydrogen) atoms. The summed E-state index contributed by atoms with van der Waals surface area (Å²) in [6, 6.07) is 3.09. The van der Waals surface area contributed by atoms with Gasteiger partial charge < -0.3 is 4.90 Å². The molecule has 0 saturated carbocycles. The minimum Gasteiger partial charge on any atom is -0.383 e. The summed E-state index contributed by atoms with van der Waals surface area (Å²) in [4.78, 5) is 17.1. The van der Waals surface area contributed by atoms with E-state index >= 15 is 0 Å². The van der Waals surface area contributed by atoms with Crippen LogP contribution in [0.25, 0.3) is 0 Å². The topological polar surface area (TPSA) is 33.2 Å². The average Bonchev–Trinajstić information content (AvgIpc) is 2.14. The summed E-state index contributed by atoms with van der Waals surface area (Å²) in [5.41, 5.74) is 0.346. The van der Waals surface area contributed by atoms with Crippen molar-refractivity contribution in [2.75, 3.05) is 14.1 Å². The number of rotatable bonds is 3. The number of allylic oxidation sites excluding steroid dienone is 1. The second kappa shape index (κ2) is 5.14. The van der Waals surface area contributed by atoms with Gasteiger partial charge in [-0.15, -0.1) is 0 Å². The van der Waals surface area contributed by atoms with Crippen LogP contribution in [-0.4, -0.2) is 29.8 Å². The maximum Gasteiger partial charge on any atom is 0.190 e. The third-order valence-corrected chi connectivity index (χ3v) is 2.10. The Hall–Kier alpha value is -1.06. The molecule has 0 N–H and O–H groups in total. The Labute approximate surface area is 98.3 Å². The predicted octanol–water partition coefficient (Wildman–Crippen LogP) is 2.65. The molecule has 5 heteroatoms. The van der Waals surface area contributed by atoms with Gasteiger partial charge in [0.25, 0.3) is 0 Å². The van der Waals surface area contributed by atoms with Crippen LogP contribution < -0.4 is 0 Å². The van der Waals surface area contributed by atoms with Crippen LogP contribution in [0.3, 0.4) is 0 Å². The van der Waals surface area contributed by atoms with Gasteiger partial charge in [0, 0.05) is 26.4 Å². The maximum atomic E-state index is 11.6. The number of hydrogen-bond acceptors (Lipinski definition) is 3. The number of pyridine rings is 1. The second-order valence-electron chi connectivity index (χ2n) is 3.12. The molecule has 1 heterocycles. The first-order valence-electron chi connectivity index (χ1n) is 4.21. The normalized spacial score (nSPS) is 10.7. The molecule has 1 aromatic heterocycles. The number of carbonyl (C=O) groups is 1. The molecule has 80 valence electrons. The van der Waals surface area contributed by atoms with Gasteiger partial charge in [0.15, 0.2) is 5.78 Å². The molecule has 0 amide bonds. The molecule has 1 aromatic rings. The van der Waals surface area contributed by atoms with Crippen molar-refractivity contribution in [1.82, 2.24) is 9.88 Å². The van der Waals surface area contributed by atoms with E-state index in [1.54, 1.807) is 17.2 Å². The van der Waals surface area contributed by atoms with Gasteiger partial charge in [-0.05, 0) is 12.1 Å². The van der Waals surface area contributed by atoms with E-state index in [9.17, 15) is 4.79 Å². The monoisotopic (exact) mass is 244 g/mol. The van der Waals surface area contributed by atoms with E-state index in [1.807, 2.05) is 14.1 Å². The lowest BCUT2D eigenvalue weighted by Gasteiger charge is -2.03. The maximum absolute atomic E-state index is 11.6. The highest BCUT2D eigenvalue weighted by molar-refractivity contribution is 6.35. The van der Waals surface area contributed by atoms with Crippen LogP contribution in [0, 0.1) is 0 Å². The van der Waals surface area contributed by atoms with E-state index in [1.165, 1.54) is 12.1 Å². The van der Waals surface area contributed by atoms with Crippen molar-refractivity contribution in [1.29, 1.82) is 0 Å². The molecule has 0 radical (unpaired) electrons. The van der Waals surface area contributed by atoms with Gasteiger partial charge in [0.05, 0.1) is 5.56 Å². The van der Waals surface area contributed by atoms with Crippen molar-refractivity contribution >= 4 is 29.0 Å². The molecule has 0 fully saturated rings. The SMILES string of the molecule is CN(C)/C=C/C(=O)c1ccc(Cl)nc1Cl. The van der Waals surface area contributed by atoms with Crippen LogP contribution in [0.2, 0.25) is 10.3 Å². The first-order chi connectivity index (χ1) is 7.00. The molecular formula is C10H10Cl2N2O. The van der Waals surface area contributed by atoms with E-state index in [2.05, 4.69) is 4.98 Å². The summed E-state index contributed by atoms with van der Waals surface area (Å²) >= 11 is 11.4. The van der Waals surface area contributed by atoms with E-state index in [-0.39, 0.29) is 16.1 Å². The lowest BCUT2D eigenvalue weighted by Crippen LogP contribution is -2.04. The Kier molecular flexibility index (Phi) is 4.12. The Balaban J connectivity index is 2.92. The van der Waals surface area contributed by atoms with Crippen LogP contribution in [0.5, 0.6) is 0 Å². The highest BCUT2D eigenvalue weighted by Crippen LogP contribution is 2.17. The summed E-state index contributed by atoms with van der Waals surface area (Å²) in [6.07, 6.45) is 3.07. The van der Waals surface area contributed by atoms with Crippen molar-refractivity contribution in [2.45, 2.75) is 0 Å². The van der Waals surface area contributed by atoms with Gasteiger partial charge in [-0.1, -0.05) is 23.2 Å². The average molecular weight is 245 g/mol. The lowest BCUT2D eigenvalue weighted by molar-refractivity contribution is 0.104. The fourth-order valence-corrected chi connectivity index (χ4v) is 1.34. The third kappa shape index (κ3) is 3.53. The molecule has 0 saturated heterocycles. The fraction of sp³-hybridized carbons (Fsp3) is 0.200. The third-order valence-electron chi connectivity index (χ3n) is 1.60. The smallest absolute Gasteiger partial charge is 0.190 e. The van der Waals surface area contributed by atoms with Gasteiger partial charge in [-0.25, -0.2) is 4.98 Å². The molecule has 0 aliphatic rings. The summed E-state index contributed by atoms with van der Waals surface area (Å²) in [6.45, 7) is 0. The van der Waals surface area contributed by atoms with Crippen molar-refractivity contribution in [2.24, 2.45) is 0 Å². The molecule has 0 aliphatic carbocycles. The van der Waals surface area contributed by atoms with Crippen molar-refractivity contribution < 1.29 is 4.79 Å². The Morgan fingerprint density at radius 3 is 2.60 bits per heavy atom. The molecule has 0 unspecified atom stereocenters. The zero-order valence-electron chi connectivity index (χ0n) is 8.37. The quantitative estimate of drug-likeness (QED) is 0.466. The Bertz CT molecular complexity index is 402. The summed E-state index contributed by atoms with van der Waals surface area (Å²) < 4.78 is 0. The van der Waals surface area contributed by atoms with Gasteiger partial charge in [-0.2, -0.15) is 0 Å². The highest BCUT2D eigenvalue weighted by Gasteiger charge is 2.08. The summed E-state index contributed by atoms with van der Waals surface area (Å²) in [5.74, 6) is -0.196. The van der Waals surface area contributed by atoms with Crippen LogP contribution in [0.1, 0.15) is 10.4 Å². The number of carbonyl (C=O) groups excluding carboxylic acids is 1. The number of aromatic nitrogens is 1. The van der Waals surface area contributed by atoms with Crippen molar-refractivity contribution in [3.8, 4) is 0 Å². The number of hydrogen-bond donors (Lipinski definition) is 0. The highest BCUT2D eigenvalue weighted by atomic mass is 35.5. The summed E-state index contributed by atoms with van der Waals surface area (Å²) in [5, 5.41) is 0.393. The molecular weight excluding hydrogens is 235 g/mol. The lowest BCUT2D eigenvalue weighted by atomic mass is 10.2. The first-order valence-corrected chi connectivity index (χ1v) is 4.97. The number of halogens is 2. The van der Waals surface area contributed by atoms with Gasteiger partial charge in [-0.3, -0.25) is 4.79 Å². The van der Waals surface area contributed by atoms with E-state index in [0.29, 0.717) is 5.56 Å². The minimum atomic E-state index is -0.196. The Morgan fingerprint density at radius 1 is 1.40 bits per heavy atom. The van der Waals surface area contributed by atoms with Gasteiger partial charge in [0.1, 0.15) is 10.3 Å². The zero-order chi connectivity index (χ0) is 11.4. The molecule has 0 spiro atoms. The molecule has 0 bridgehead atoms. The van der Waals surface area contributed by atoms with Crippen molar-refractivity contribution in [3.05, 3.63) is 40.3 Å². The van der Waals surface area contributed by atoms with Gasteiger partial charge >= 0.3 is 0 Å². The molecule has 0 aromatic carbocycles. The number of ketones is 1. The van der Waals surface area contributed by atoms with Crippen LogP contribution in [0.4, 0.5) is 0 Å². The van der Waals surface area contributed by atoms with E-state index in [0.717, 1.165) is 0 Å². The summed E-state index contributed by atoms with van der Waals surface area (Å²) in [7, 11) is 3.65.